The quantitative estimate of drug-likeness (QED) is 0.629. The van der Waals surface area contributed by atoms with Crippen LogP contribution in [-0.2, 0) is 0 Å². The van der Waals surface area contributed by atoms with Crippen LogP contribution in [0.1, 0.15) is 40.5 Å². The molecule has 1 aliphatic heterocycles. The molecule has 2 unspecified atom stereocenters. The molecule has 0 saturated carbocycles. The van der Waals surface area contributed by atoms with E-state index in [1.165, 1.54) is 17.7 Å². The van der Waals surface area contributed by atoms with E-state index in [0.717, 1.165) is 13.0 Å². The highest BCUT2D eigenvalue weighted by molar-refractivity contribution is 6.02. The highest BCUT2D eigenvalue weighted by Gasteiger charge is 2.16. The summed E-state index contributed by atoms with van der Waals surface area (Å²) in [4.78, 5) is 4.68. The van der Waals surface area contributed by atoms with Gasteiger partial charge in [0.05, 0.1) is 0 Å². The molecule has 0 aliphatic carbocycles. The second-order valence-electron chi connectivity index (χ2n) is 4.06. The van der Waals surface area contributed by atoms with Crippen LogP contribution in [0.15, 0.2) is 16.6 Å². The van der Waals surface area contributed by atoms with E-state index in [1.807, 2.05) is 0 Å². The zero-order valence-electron chi connectivity index (χ0n) is 9.30. The molecule has 0 spiro atoms. The van der Waals surface area contributed by atoms with Gasteiger partial charge in [-0.2, -0.15) is 0 Å². The van der Waals surface area contributed by atoms with E-state index < -0.39 is 0 Å². The zero-order chi connectivity index (χ0) is 9.84. The molecule has 0 aromatic heterocycles. The van der Waals surface area contributed by atoms with E-state index in [9.17, 15) is 0 Å². The number of nitrogens with zero attached hydrogens (tertiary/aromatic N) is 1. The van der Waals surface area contributed by atoms with E-state index in [0.29, 0.717) is 11.8 Å². The van der Waals surface area contributed by atoms with Crippen LogP contribution in [0.3, 0.4) is 0 Å². The van der Waals surface area contributed by atoms with Crippen molar-refractivity contribution in [2.45, 2.75) is 40.5 Å². The molecule has 0 bridgehead atoms. The van der Waals surface area contributed by atoms with E-state index in [1.54, 1.807) is 0 Å². The molecule has 1 nitrogen and oxygen atoms in total. The molecule has 0 N–H and O–H groups in total. The largest absolute Gasteiger partial charge is 0.289 e. The molecule has 1 heteroatoms. The highest BCUT2D eigenvalue weighted by atomic mass is 14.8. The van der Waals surface area contributed by atoms with Gasteiger partial charge >= 0.3 is 0 Å². The zero-order valence-corrected chi connectivity index (χ0v) is 9.30. The summed E-state index contributed by atoms with van der Waals surface area (Å²) < 4.78 is 0. The number of aliphatic imine (C=N–C) groups is 1. The van der Waals surface area contributed by atoms with Gasteiger partial charge in [0.15, 0.2) is 0 Å². The molecule has 0 saturated heterocycles. The lowest BCUT2D eigenvalue weighted by molar-refractivity contribution is 0.679. The van der Waals surface area contributed by atoms with Crippen molar-refractivity contribution in [1.82, 2.24) is 0 Å². The average Bonchev–Trinajstić information content (AvgIpc) is 2.16. The van der Waals surface area contributed by atoms with Gasteiger partial charge in [-0.1, -0.05) is 33.8 Å². The van der Waals surface area contributed by atoms with Gasteiger partial charge in [0.2, 0.25) is 0 Å². The predicted octanol–water partition coefficient (Wildman–Crippen LogP) is 3.46. The minimum absolute atomic E-state index is 0.638. The molecule has 74 valence electrons. The molecule has 0 aromatic carbocycles. The van der Waals surface area contributed by atoms with Crippen molar-refractivity contribution in [2.24, 2.45) is 16.8 Å². The first-order chi connectivity index (χ1) is 6.19. The standard InChI is InChI=1S/C12H21N/c1-5-10(4)12-11(6-2)7-9(3)8-13-12/h7,9-10H,5-6,8H2,1-4H3. The van der Waals surface area contributed by atoms with Crippen molar-refractivity contribution in [3.8, 4) is 0 Å². The Bertz CT molecular complexity index is 225. The van der Waals surface area contributed by atoms with Crippen molar-refractivity contribution >= 4 is 5.71 Å². The third-order valence-electron chi connectivity index (χ3n) is 2.82. The summed E-state index contributed by atoms with van der Waals surface area (Å²) in [5, 5.41) is 0. The Labute approximate surface area is 82.0 Å². The lowest BCUT2D eigenvalue weighted by Crippen LogP contribution is -2.19. The number of hydrogen-bond acceptors (Lipinski definition) is 1. The predicted molar refractivity (Wildman–Crippen MR) is 59.3 cm³/mol. The molecule has 1 rings (SSSR count). The first-order valence-electron chi connectivity index (χ1n) is 5.44. The van der Waals surface area contributed by atoms with Gasteiger partial charge in [-0.25, -0.2) is 0 Å². The number of hydrogen-bond donors (Lipinski definition) is 0. The van der Waals surface area contributed by atoms with Gasteiger partial charge in [-0.05, 0) is 30.3 Å². The van der Waals surface area contributed by atoms with E-state index >= 15 is 0 Å². The Morgan fingerprint density at radius 3 is 2.77 bits per heavy atom. The monoisotopic (exact) mass is 179 g/mol. The van der Waals surface area contributed by atoms with E-state index in [-0.39, 0.29) is 0 Å². The Kier molecular flexibility index (Phi) is 3.71. The summed E-state index contributed by atoms with van der Waals surface area (Å²) in [5.74, 6) is 1.28. The Hall–Kier alpha value is -0.590. The van der Waals surface area contributed by atoms with E-state index in [2.05, 4.69) is 38.8 Å². The summed E-state index contributed by atoms with van der Waals surface area (Å²) in [7, 11) is 0. The van der Waals surface area contributed by atoms with Crippen LogP contribution >= 0.6 is 0 Å². The maximum absolute atomic E-state index is 4.68. The Morgan fingerprint density at radius 1 is 1.54 bits per heavy atom. The van der Waals surface area contributed by atoms with Crippen LogP contribution in [0, 0.1) is 11.8 Å². The third kappa shape index (κ3) is 2.43. The van der Waals surface area contributed by atoms with Crippen LogP contribution in [0.4, 0.5) is 0 Å². The van der Waals surface area contributed by atoms with E-state index in [4.69, 9.17) is 0 Å². The Balaban J connectivity index is 2.79. The fourth-order valence-electron chi connectivity index (χ4n) is 1.79. The Morgan fingerprint density at radius 2 is 2.23 bits per heavy atom. The van der Waals surface area contributed by atoms with Gasteiger partial charge in [0.25, 0.3) is 0 Å². The minimum Gasteiger partial charge on any atom is -0.289 e. The smallest absolute Gasteiger partial charge is 0.0453 e. The minimum atomic E-state index is 0.638. The lowest BCUT2D eigenvalue weighted by Gasteiger charge is -2.21. The van der Waals surface area contributed by atoms with Crippen molar-refractivity contribution < 1.29 is 0 Å². The maximum atomic E-state index is 4.68. The average molecular weight is 179 g/mol. The SMILES string of the molecule is CCC1=CC(C)CN=C1C(C)CC. The summed E-state index contributed by atoms with van der Waals surface area (Å²) in [6, 6.07) is 0. The highest BCUT2D eigenvalue weighted by Crippen LogP contribution is 2.21. The first-order valence-corrected chi connectivity index (χ1v) is 5.44. The lowest BCUT2D eigenvalue weighted by atomic mass is 9.90. The van der Waals surface area contributed by atoms with Crippen LogP contribution in [0.5, 0.6) is 0 Å². The van der Waals surface area contributed by atoms with Crippen molar-refractivity contribution in [3.63, 3.8) is 0 Å². The topological polar surface area (TPSA) is 12.4 Å². The van der Waals surface area contributed by atoms with Gasteiger partial charge in [-0.15, -0.1) is 0 Å². The molecule has 0 aromatic rings. The molecule has 2 atom stereocenters. The van der Waals surface area contributed by atoms with Crippen LogP contribution < -0.4 is 0 Å². The van der Waals surface area contributed by atoms with Crippen LogP contribution in [0.2, 0.25) is 0 Å². The molecule has 0 radical (unpaired) electrons. The number of rotatable bonds is 3. The fourth-order valence-corrected chi connectivity index (χ4v) is 1.79. The molecule has 0 amide bonds. The summed E-state index contributed by atoms with van der Waals surface area (Å²) in [6.07, 6.45) is 4.73. The normalized spacial score (nSPS) is 25.1. The summed E-state index contributed by atoms with van der Waals surface area (Å²) in [5.41, 5.74) is 2.84. The number of allylic oxidation sites excluding steroid dienone is 1. The van der Waals surface area contributed by atoms with Gasteiger partial charge in [0.1, 0.15) is 0 Å². The van der Waals surface area contributed by atoms with Crippen LogP contribution in [0.25, 0.3) is 0 Å². The molecular weight excluding hydrogens is 158 g/mol. The molecule has 13 heavy (non-hydrogen) atoms. The summed E-state index contributed by atoms with van der Waals surface area (Å²) in [6.45, 7) is 9.97. The molecule has 1 heterocycles. The second kappa shape index (κ2) is 4.59. The molecule has 0 fully saturated rings. The third-order valence-corrected chi connectivity index (χ3v) is 2.82. The van der Waals surface area contributed by atoms with Crippen molar-refractivity contribution in [1.29, 1.82) is 0 Å². The number of dihydropyridines is 1. The van der Waals surface area contributed by atoms with Crippen molar-refractivity contribution in [3.05, 3.63) is 11.6 Å². The molecular formula is C12H21N. The summed E-state index contributed by atoms with van der Waals surface area (Å²) >= 11 is 0. The molecule has 1 aliphatic rings. The second-order valence-corrected chi connectivity index (χ2v) is 4.06. The van der Waals surface area contributed by atoms with Gasteiger partial charge in [0, 0.05) is 12.3 Å². The van der Waals surface area contributed by atoms with Gasteiger partial charge < -0.3 is 0 Å². The van der Waals surface area contributed by atoms with Gasteiger partial charge in [-0.3, -0.25) is 4.99 Å². The van der Waals surface area contributed by atoms with Crippen molar-refractivity contribution in [2.75, 3.05) is 6.54 Å². The first kappa shape index (κ1) is 10.5. The maximum Gasteiger partial charge on any atom is 0.0453 e. The fraction of sp³-hybridized carbons (Fsp3) is 0.750. The van der Waals surface area contributed by atoms with Crippen LogP contribution in [-0.4, -0.2) is 12.3 Å².